The molecule has 0 aliphatic rings. The summed E-state index contributed by atoms with van der Waals surface area (Å²) in [5.41, 5.74) is 6.18. The monoisotopic (exact) mass is 295 g/mol. The fourth-order valence-electron chi connectivity index (χ4n) is 1.51. The maximum Gasteiger partial charge on any atom is 0.335 e. The van der Waals surface area contributed by atoms with Gasteiger partial charge in [0.2, 0.25) is 5.91 Å². The minimum atomic E-state index is -1.03. The lowest BCUT2D eigenvalue weighted by Crippen LogP contribution is -2.32. The summed E-state index contributed by atoms with van der Waals surface area (Å²) in [5.74, 6) is -1.60. The van der Waals surface area contributed by atoms with Crippen molar-refractivity contribution in [2.45, 2.75) is 6.92 Å². The summed E-state index contributed by atoms with van der Waals surface area (Å²) in [7, 11) is 0. The molecule has 0 aromatic heterocycles. The molecule has 0 aliphatic heterocycles. The van der Waals surface area contributed by atoms with Crippen molar-refractivity contribution in [2.24, 2.45) is 5.73 Å². The van der Waals surface area contributed by atoms with Gasteiger partial charge in [0.1, 0.15) is 6.61 Å². The van der Waals surface area contributed by atoms with Crippen LogP contribution >= 0.6 is 0 Å². The van der Waals surface area contributed by atoms with Crippen LogP contribution in [0.3, 0.4) is 0 Å². The van der Waals surface area contributed by atoms with E-state index < -0.39 is 17.9 Å². The molecular weight excluding hydrogens is 278 g/mol. The van der Waals surface area contributed by atoms with Crippen LogP contribution in [0.25, 0.3) is 0 Å². The Hall–Kier alpha value is -2.61. The highest BCUT2D eigenvalue weighted by molar-refractivity contribution is 5.92. The van der Waals surface area contributed by atoms with Gasteiger partial charge >= 0.3 is 12.0 Å². The third-order valence-corrected chi connectivity index (χ3v) is 2.50. The first-order chi connectivity index (χ1) is 9.90. The largest absolute Gasteiger partial charge is 0.478 e. The van der Waals surface area contributed by atoms with E-state index in [1.165, 1.54) is 18.2 Å². The summed E-state index contributed by atoms with van der Waals surface area (Å²) in [6.45, 7) is 1.87. The fourth-order valence-corrected chi connectivity index (χ4v) is 1.51. The first kappa shape index (κ1) is 16.4. The van der Waals surface area contributed by atoms with Gasteiger partial charge in [-0.25, -0.2) is 9.59 Å². The van der Waals surface area contributed by atoms with Gasteiger partial charge in [0, 0.05) is 12.2 Å². The Morgan fingerprint density at radius 2 is 2.05 bits per heavy atom. The van der Waals surface area contributed by atoms with Gasteiger partial charge in [0.25, 0.3) is 0 Å². The number of anilines is 1. The number of nitrogens with two attached hydrogens (primary N) is 1. The van der Waals surface area contributed by atoms with Crippen LogP contribution in [0.5, 0.6) is 0 Å². The molecule has 0 saturated carbocycles. The molecule has 114 valence electrons. The number of urea groups is 1. The number of benzene rings is 1. The van der Waals surface area contributed by atoms with E-state index in [2.05, 4.69) is 10.6 Å². The highest BCUT2D eigenvalue weighted by atomic mass is 16.5. The summed E-state index contributed by atoms with van der Waals surface area (Å²) >= 11 is 0. The van der Waals surface area contributed by atoms with Crippen LogP contribution in [0.15, 0.2) is 18.2 Å². The number of hydrogen-bond donors (Lipinski definition) is 4. The van der Waals surface area contributed by atoms with Crippen molar-refractivity contribution >= 4 is 23.6 Å². The maximum atomic E-state index is 11.6. The predicted octanol–water partition coefficient (Wildman–Crippen LogP) is 0.317. The predicted molar refractivity (Wildman–Crippen MR) is 75.2 cm³/mol. The van der Waals surface area contributed by atoms with Crippen LogP contribution in [0.2, 0.25) is 0 Å². The quantitative estimate of drug-likeness (QED) is 0.538. The topological polar surface area (TPSA) is 131 Å². The zero-order chi connectivity index (χ0) is 15.8. The molecule has 0 spiro atoms. The molecule has 8 heteroatoms. The van der Waals surface area contributed by atoms with Gasteiger partial charge in [0.15, 0.2) is 0 Å². The molecule has 5 N–H and O–H groups in total. The van der Waals surface area contributed by atoms with Gasteiger partial charge in [-0.15, -0.1) is 0 Å². The molecule has 0 atom stereocenters. The Labute approximate surface area is 121 Å². The lowest BCUT2D eigenvalue weighted by molar-refractivity contribution is -0.122. The van der Waals surface area contributed by atoms with E-state index in [1.807, 2.05) is 0 Å². The molecule has 1 aromatic rings. The Morgan fingerprint density at radius 3 is 2.62 bits per heavy atom. The standard InChI is InChI=1S/C13H17N3O5/c1-8-6-9(12(18)19)2-3-10(8)16-13(20)15-4-5-21-7-11(14)17/h2-3,6H,4-5,7H2,1H3,(H2,14,17)(H,18,19)(H2,15,16,20). The number of ether oxygens (including phenoxy) is 1. The summed E-state index contributed by atoms with van der Waals surface area (Å²) in [5, 5.41) is 14.0. The van der Waals surface area contributed by atoms with Gasteiger partial charge in [-0.1, -0.05) is 0 Å². The van der Waals surface area contributed by atoms with Gasteiger partial charge in [-0.05, 0) is 30.7 Å². The van der Waals surface area contributed by atoms with Gasteiger partial charge < -0.3 is 26.2 Å². The molecule has 1 aromatic carbocycles. The molecule has 0 bridgehead atoms. The number of nitrogens with one attached hydrogen (secondary N) is 2. The van der Waals surface area contributed by atoms with Crippen LogP contribution in [-0.2, 0) is 9.53 Å². The number of aryl methyl sites for hydroxylation is 1. The normalized spacial score (nSPS) is 9.95. The minimum absolute atomic E-state index is 0.151. The van der Waals surface area contributed by atoms with Crippen LogP contribution in [0.1, 0.15) is 15.9 Å². The van der Waals surface area contributed by atoms with Crippen molar-refractivity contribution in [3.05, 3.63) is 29.3 Å². The number of carbonyl (C=O) groups is 3. The maximum absolute atomic E-state index is 11.6. The molecular formula is C13H17N3O5. The summed E-state index contributed by atoms with van der Waals surface area (Å²) in [6.07, 6.45) is 0. The lowest BCUT2D eigenvalue weighted by atomic mass is 10.1. The molecule has 3 amide bonds. The summed E-state index contributed by atoms with van der Waals surface area (Å²) < 4.78 is 4.88. The highest BCUT2D eigenvalue weighted by Gasteiger charge is 2.08. The second-order valence-corrected chi connectivity index (χ2v) is 4.23. The Balaban J connectivity index is 2.41. The van der Waals surface area contributed by atoms with Crippen molar-refractivity contribution in [2.75, 3.05) is 25.1 Å². The van der Waals surface area contributed by atoms with E-state index in [0.29, 0.717) is 11.3 Å². The second-order valence-electron chi connectivity index (χ2n) is 4.23. The Kier molecular flexibility index (Phi) is 6.15. The molecule has 0 heterocycles. The summed E-state index contributed by atoms with van der Waals surface area (Å²) in [4.78, 5) is 32.8. The molecule has 8 nitrogen and oxygen atoms in total. The van der Waals surface area contributed by atoms with Crippen LogP contribution in [0, 0.1) is 6.92 Å². The third kappa shape index (κ3) is 5.91. The molecule has 1 rings (SSSR count). The number of carboxylic acid groups (broad SMARTS) is 1. The van der Waals surface area contributed by atoms with Crippen molar-refractivity contribution in [3.8, 4) is 0 Å². The van der Waals surface area contributed by atoms with E-state index in [9.17, 15) is 14.4 Å². The highest BCUT2D eigenvalue weighted by Crippen LogP contribution is 2.16. The van der Waals surface area contributed by atoms with E-state index in [0.717, 1.165) is 0 Å². The van der Waals surface area contributed by atoms with E-state index in [-0.39, 0.29) is 25.3 Å². The van der Waals surface area contributed by atoms with Gasteiger partial charge in [0.05, 0.1) is 12.2 Å². The minimum Gasteiger partial charge on any atom is -0.478 e. The van der Waals surface area contributed by atoms with Crippen LogP contribution < -0.4 is 16.4 Å². The molecule has 0 fully saturated rings. The van der Waals surface area contributed by atoms with E-state index >= 15 is 0 Å². The molecule has 0 aliphatic carbocycles. The number of amides is 3. The number of aromatic carboxylic acids is 1. The van der Waals surface area contributed by atoms with Gasteiger partial charge in [-0.2, -0.15) is 0 Å². The van der Waals surface area contributed by atoms with Crippen LogP contribution in [-0.4, -0.2) is 42.8 Å². The smallest absolute Gasteiger partial charge is 0.335 e. The number of primary amides is 1. The Morgan fingerprint density at radius 1 is 1.33 bits per heavy atom. The molecule has 21 heavy (non-hydrogen) atoms. The summed E-state index contributed by atoms with van der Waals surface area (Å²) in [6, 6.07) is 3.93. The average molecular weight is 295 g/mol. The van der Waals surface area contributed by atoms with E-state index in [1.54, 1.807) is 6.92 Å². The first-order valence-electron chi connectivity index (χ1n) is 6.15. The first-order valence-corrected chi connectivity index (χ1v) is 6.15. The SMILES string of the molecule is Cc1cc(C(=O)O)ccc1NC(=O)NCCOCC(N)=O. The number of hydrogen-bond acceptors (Lipinski definition) is 4. The Bertz CT molecular complexity index is 545. The number of carboxylic acids is 1. The van der Waals surface area contributed by atoms with Crippen molar-refractivity contribution in [1.82, 2.24) is 5.32 Å². The molecule has 0 unspecified atom stereocenters. The molecule has 0 saturated heterocycles. The van der Waals surface area contributed by atoms with E-state index in [4.69, 9.17) is 15.6 Å². The van der Waals surface area contributed by atoms with Crippen LogP contribution in [0.4, 0.5) is 10.5 Å². The number of rotatable bonds is 7. The van der Waals surface area contributed by atoms with Crippen molar-refractivity contribution in [1.29, 1.82) is 0 Å². The zero-order valence-electron chi connectivity index (χ0n) is 11.5. The van der Waals surface area contributed by atoms with Crippen molar-refractivity contribution < 1.29 is 24.2 Å². The molecule has 0 radical (unpaired) electrons. The second kappa shape index (κ2) is 7.85. The third-order valence-electron chi connectivity index (χ3n) is 2.50. The average Bonchev–Trinajstić information content (AvgIpc) is 2.40. The van der Waals surface area contributed by atoms with Gasteiger partial charge in [-0.3, -0.25) is 4.79 Å². The van der Waals surface area contributed by atoms with Crippen molar-refractivity contribution in [3.63, 3.8) is 0 Å². The zero-order valence-corrected chi connectivity index (χ0v) is 11.5. The number of carbonyl (C=O) groups excluding carboxylic acids is 2. The lowest BCUT2D eigenvalue weighted by Gasteiger charge is -2.10. The fraction of sp³-hybridized carbons (Fsp3) is 0.308.